The highest BCUT2D eigenvalue weighted by Crippen LogP contribution is 2.38. The van der Waals surface area contributed by atoms with E-state index in [1.165, 1.54) is 11.3 Å². The van der Waals surface area contributed by atoms with Crippen LogP contribution < -0.4 is 4.74 Å². The number of hydrogen-bond donors (Lipinski definition) is 1. The number of carboxylic acids is 1. The van der Waals surface area contributed by atoms with Gasteiger partial charge in [0.2, 0.25) is 0 Å². The predicted octanol–water partition coefficient (Wildman–Crippen LogP) is 3.36. The van der Waals surface area contributed by atoms with E-state index in [9.17, 15) is 14.7 Å². The molecule has 5 nitrogen and oxygen atoms in total. The van der Waals surface area contributed by atoms with Gasteiger partial charge in [0, 0.05) is 17.5 Å². The van der Waals surface area contributed by atoms with Crippen molar-refractivity contribution >= 4 is 23.2 Å². The Balaban J connectivity index is 1.90. The summed E-state index contributed by atoms with van der Waals surface area (Å²) in [6.07, 6.45) is 0.488. The summed E-state index contributed by atoms with van der Waals surface area (Å²) in [5.41, 5.74) is 1.03. The van der Waals surface area contributed by atoms with E-state index in [0.29, 0.717) is 23.6 Å². The number of nitrogens with zero attached hydrogens (tertiary/aromatic N) is 1. The van der Waals surface area contributed by atoms with Crippen molar-refractivity contribution in [1.82, 2.24) is 4.90 Å². The fraction of sp³-hybridized carbons (Fsp3) is 0.333. The highest BCUT2D eigenvalue weighted by Gasteiger charge is 2.39. The van der Waals surface area contributed by atoms with Crippen molar-refractivity contribution in [2.45, 2.75) is 19.4 Å². The maximum absolute atomic E-state index is 12.9. The fourth-order valence-electron chi connectivity index (χ4n) is 3.11. The minimum atomic E-state index is -0.846. The number of carbonyl (C=O) groups excluding carboxylic acids is 1. The second kappa shape index (κ2) is 6.65. The van der Waals surface area contributed by atoms with Crippen molar-refractivity contribution in [3.63, 3.8) is 0 Å². The number of carboxylic acid groups (broad SMARTS) is 1. The van der Waals surface area contributed by atoms with E-state index in [1.54, 1.807) is 18.9 Å². The number of methoxy groups -OCH3 is 1. The van der Waals surface area contributed by atoms with E-state index in [4.69, 9.17) is 4.74 Å². The number of aliphatic carboxylic acids is 1. The minimum Gasteiger partial charge on any atom is -0.495 e. The van der Waals surface area contributed by atoms with Crippen molar-refractivity contribution in [2.75, 3.05) is 13.7 Å². The molecule has 0 radical (unpaired) electrons. The molecule has 3 rings (SSSR count). The molecule has 6 heteroatoms. The number of amides is 1. The zero-order chi connectivity index (χ0) is 17.3. The molecule has 1 saturated heterocycles. The first-order chi connectivity index (χ1) is 11.5. The monoisotopic (exact) mass is 345 g/mol. The van der Waals surface area contributed by atoms with Gasteiger partial charge in [0.15, 0.2) is 0 Å². The van der Waals surface area contributed by atoms with Crippen molar-refractivity contribution < 1.29 is 19.4 Å². The van der Waals surface area contributed by atoms with Crippen molar-refractivity contribution in [3.8, 4) is 16.2 Å². The molecule has 2 unspecified atom stereocenters. The lowest BCUT2D eigenvalue weighted by Crippen LogP contribution is -2.37. The summed E-state index contributed by atoms with van der Waals surface area (Å²) in [4.78, 5) is 27.3. The van der Waals surface area contributed by atoms with Crippen LogP contribution in [0.5, 0.6) is 5.75 Å². The Hall–Kier alpha value is -2.34. The molecule has 2 atom stereocenters. The van der Waals surface area contributed by atoms with E-state index in [2.05, 4.69) is 0 Å². The smallest absolute Gasteiger partial charge is 0.308 e. The number of ether oxygens (including phenoxy) is 1. The Labute approximate surface area is 144 Å². The maximum Gasteiger partial charge on any atom is 0.308 e. The molecule has 2 heterocycles. The van der Waals surface area contributed by atoms with E-state index in [-0.39, 0.29) is 11.9 Å². The first kappa shape index (κ1) is 16.5. The third-order valence-electron chi connectivity index (χ3n) is 4.50. The number of rotatable bonds is 4. The third kappa shape index (κ3) is 2.89. The average Bonchev–Trinajstić information content (AvgIpc) is 3.18. The van der Waals surface area contributed by atoms with Crippen LogP contribution in [-0.4, -0.2) is 41.6 Å². The first-order valence-corrected chi connectivity index (χ1v) is 8.61. The zero-order valence-electron chi connectivity index (χ0n) is 13.6. The molecule has 1 aromatic heterocycles. The Morgan fingerprint density at radius 3 is 2.58 bits per heavy atom. The summed E-state index contributed by atoms with van der Waals surface area (Å²) >= 11 is 1.38. The third-order valence-corrected chi connectivity index (χ3v) is 5.66. The molecule has 0 aliphatic carbocycles. The van der Waals surface area contributed by atoms with Crippen LogP contribution in [0.4, 0.5) is 0 Å². The van der Waals surface area contributed by atoms with Gasteiger partial charge in [-0.1, -0.05) is 30.3 Å². The molecule has 1 fully saturated rings. The van der Waals surface area contributed by atoms with Crippen LogP contribution in [-0.2, 0) is 4.79 Å². The number of hydrogen-bond acceptors (Lipinski definition) is 4. The molecule has 1 aromatic carbocycles. The van der Waals surface area contributed by atoms with Crippen molar-refractivity contribution in [3.05, 3.63) is 41.3 Å². The summed E-state index contributed by atoms with van der Waals surface area (Å²) in [5.74, 6) is -0.973. The highest BCUT2D eigenvalue weighted by molar-refractivity contribution is 7.17. The normalized spacial score (nSPS) is 20.2. The minimum absolute atomic E-state index is 0.157. The largest absolute Gasteiger partial charge is 0.495 e. The molecule has 24 heavy (non-hydrogen) atoms. The van der Waals surface area contributed by atoms with E-state index in [0.717, 1.165) is 10.4 Å². The molecule has 1 amide bonds. The molecule has 0 spiro atoms. The molecular formula is C18H19NO4S. The van der Waals surface area contributed by atoms with Crippen LogP contribution in [0.25, 0.3) is 10.4 Å². The van der Waals surface area contributed by atoms with Crippen LogP contribution in [0.2, 0.25) is 0 Å². The summed E-state index contributed by atoms with van der Waals surface area (Å²) < 4.78 is 5.38. The zero-order valence-corrected chi connectivity index (χ0v) is 14.4. The van der Waals surface area contributed by atoms with E-state index >= 15 is 0 Å². The van der Waals surface area contributed by atoms with Gasteiger partial charge in [-0.15, -0.1) is 11.3 Å². The van der Waals surface area contributed by atoms with Gasteiger partial charge in [-0.3, -0.25) is 9.59 Å². The number of benzene rings is 1. The maximum atomic E-state index is 12.9. The van der Waals surface area contributed by atoms with Gasteiger partial charge in [0.25, 0.3) is 5.91 Å². The average molecular weight is 345 g/mol. The topological polar surface area (TPSA) is 66.8 Å². The molecule has 1 N–H and O–H groups in total. The van der Waals surface area contributed by atoms with Gasteiger partial charge in [-0.2, -0.15) is 0 Å². The van der Waals surface area contributed by atoms with Crippen molar-refractivity contribution in [2.24, 2.45) is 5.92 Å². The fourth-order valence-corrected chi connectivity index (χ4v) is 4.19. The van der Waals surface area contributed by atoms with E-state index in [1.807, 2.05) is 36.4 Å². The SMILES string of the molecule is COc1cc(-c2ccccc2)sc1C(=O)N1CCC(C(=O)O)C1C. The molecule has 0 bridgehead atoms. The molecule has 1 aliphatic heterocycles. The second-order valence-electron chi connectivity index (χ2n) is 5.85. The molecule has 2 aromatic rings. The first-order valence-electron chi connectivity index (χ1n) is 7.80. The van der Waals surface area contributed by atoms with Crippen LogP contribution in [0.3, 0.4) is 0 Å². The summed E-state index contributed by atoms with van der Waals surface area (Å²) in [7, 11) is 1.54. The quantitative estimate of drug-likeness (QED) is 0.923. The Bertz CT molecular complexity index is 756. The summed E-state index contributed by atoms with van der Waals surface area (Å²) in [6.45, 7) is 2.25. The lowest BCUT2D eigenvalue weighted by molar-refractivity contribution is -0.142. The van der Waals surface area contributed by atoms with Gasteiger partial charge in [0.1, 0.15) is 10.6 Å². The van der Waals surface area contributed by atoms with Crippen LogP contribution in [0, 0.1) is 5.92 Å². The summed E-state index contributed by atoms with van der Waals surface area (Å²) in [6, 6.07) is 11.4. The Kier molecular flexibility index (Phi) is 4.57. The molecule has 1 aliphatic rings. The number of carbonyl (C=O) groups is 2. The van der Waals surface area contributed by atoms with Gasteiger partial charge in [0.05, 0.1) is 13.0 Å². The van der Waals surface area contributed by atoms with Crippen molar-refractivity contribution in [1.29, 1.82) is 0 Å². The number of thiophene rings is 1. The Morgan fingerprint density at radius 1 is 1.29 bits per heavy atom. The van der Waals surface area contributed by atoms with E-state index < -0.39 is 11.9 Å². The van der Waals surface area contributed by atoms with Gasteiger partial charge in [-0.05, 0) is 25.0 Å². The lowest BCUT2D eigenvalue weighted by Gasteiger charge is -2.23. The highest BCUT2D eigenvalue weighted by atomic mass is 32.1. The van der Waals surface area contributed by atoms with Gasteiger partial charge >= 0.3 is 5.97 Å². The summed E-state index contributed by atoms with van der Waals surface area (Å²) in [5, 5.41) is 9.25. The molecular weight excluding hydrogens is 326 g/mol. The molecule has 126 valence electrons. The van der Waals surface area contributed by atoms with Gasteiger partial charge in [-0.25, -0.2) is 0 Å². The number of likely N-dealkylation sites (tertiary alicyclic amines) is 1. The van der Waals surface area contributed by atoms with Crippen LogP contribution in [0.1, 0.15) is 23.0 Å². The Morgan fingerprint density at radius 2 is 2.00 bits per heavy atom. The predicted molar refractivity (Wildman–Crippen MR) is 92.5 cm³/mol. The standard InChI is InChI=1S/C18H19NO4S/c1-11-13(18(21)22)8-9-19(11)17(20)16-14(23-2)10-15(24-16)12-6-4-3-5-7-12/h3-7,10-11,13H,8-9H2,1-2H3,(H,21,22). The van der Waals surface area contributed by atoms with Gasteiger partial charge < -0.3 is 14.7 Å². The van der Waals surface area contributed by atoms with Crippen LogP contribution in [0.15, 0.2) is 36.4 Å². The second-order valence-corrected chi connectivity index (χ2v) is 6.90. The molecule has 0 saturated carbocycles. The lowest BCUT2D eigenvalue weighted by atomic mass is 10.0. The van der Waals surface area contributed by atoms with Crippen LogP contribution >= 0.6 is 11.3 Å².